The number of rotatable bonds is 5. The van der Waals surface area contributed by atoms with Gasteiger partial charge < -0.3 is 14.6 Å². The van der Waals surface area contributed by atoms with Crippen molar-refractivity contribution in [3.63, 3.8) is 0 Å². The Bertz CT molecular complexity index is 1190. The second-order valence-corrected chi connectivity index (χ2v) is 6.44. The van der Waals surface area contributed by atoms with Crippen molar-refractivity contribution in [1.82, 2.24) is 14.5 Å². The van der Waals surface area contributed by atoms with Gasteiger partial charge in [0.05, 0.1) is 12.7 Å². The fraction of sp³-hybridized carbons (Fsp3) is 0.190. The Hall–Kier alpha value is -3.61. The zero-order valence-corrected chi connectivity index (χ0v) is 15.9. The molecule has 1 aromatic heterocycles. The molecule has 28 heavy (non-hydrogen) atoms. The summed E-state index contributed by atoms with van der Waals surface area (Å²) >= 11 is 0. The van der Waals surface area contributed by atoms with Gasteiger partial charge in [-0.25, -0.2) is 4.79 Å². The third kappa shape index (κ3) is 4.03. The molecule has 0 aliphatic rings. The van der Waals surface area contributed by atoms with Gasteiger partial charge in [0, 0.05) is 32.9 Å². The number of aryl methyl sites for hydroxylation is 1. The maximum Gasteiger partial charge on any atom is 0.330 e. The minimum Gasteiger partial charge on any atom is -0.497 e. The molecule has 3 rings (SSSR count). The molecule has 0 radical (unpaired) electrons. The van der Waals surface area contributed by atoms with Crippen molar-refractivity contribution in [3.05, 3.63) is 80.6 Å². The van der Waals surface area contributed by atoms with E-state index in [0.29, 0.717) is 6.54 Å². The van der Waals surface area contributed by atoms with Crippen molar-refractivity contribution in [3.8, 4) is 5.75 Å². The van der Waals surface area contributed by atoms with E-state index in [2.05, 4.69) is 5.32 Å². The number of amides is 1. The maximum atomic E-state index is 12.1. The molecule has 0 bridgehead atoms. The number of nitrogens with one attached hydrogen (secondary N) is 1. The van der Waals surface area contributed by atoms with E-state index in [1.807, 2.05) is 36.4 Å². The highest BCUT2D eigenvalue weighted by Gasteiger charge is 2.05. The van der Waals surface area contributed by atoms with Crippen LogP contribution in [0.15, 0.2) is 58.3 Å². The van der Waals surface area contributed by atoms with Gasteiger partial charge in [-0.15, -0.1) is 0 Å². The first-order valence-corrected chi connectivity index (χ1v) is 8.68. The summed E-state index contributed by atoms with van der Waals surface area (Å²) in [5, 5.41) is 4.90. The topological polar surface area (TPSA) is 82.3 Å². The molecular weight excluding hydrogens is 358 g/mol. The van der Waals surface area contributed by atoms with E-state index in [-0.39, 0.29) is 11.5 Å². The van der Waals surface area contributed by atoms with E-state index in [4.69, 9.17) is 4.74 Å². The lowest BCUT2D eigenvalue weighted by Crippen LogP contribution is -2.37. The van der Waals surface area contributed by atoms with Gasteiger partial charge in [0.25, 0.3) is 5.56 Å². The lowest BCUT2D eigenvalue weighted by molar-refractivity contribution is -0.116. The number of benzene rings is 2. The summed E-state index contributed by atoms with van der Waals surface area (Å²) in [6.45, 7) is 0.358. The first-order valence-electron chi connectivity index (χ1n) is 8.68. The molecule has 1 N–H and O–H groups in total. The number of hydrogen-bond donors (Lipinski definition) is 1. The third-order valence-corrected chi connectivity index (χ3v) is 4.47. The quantitative estimate of drug-likeness (QED) is 0.683. The summed E-state index contributed by atoms with van der Waals surface area (Å²) in [5.41, 5.74) is 0.356. The summed E-state index contributed by atoms with van der Waals surface area (Å²) < 4.78 is 7.51. The van der Waals surface area contributed by atoms with Crippen molar-refractivity contribution < 1.29 is 9.53 Å². The maximum absolute atomic E-state index is 12.1. The van der Waals surface area contributed by atoms with E-state index in [1.54, 1.807) is 14.2 Å². The SMILES string of the molecule is COc1ccc2cc(CNC(=O)/C=C/c3cn(C)c(=O)n(C)c3=O)ccc2c1. The molecule has 144 valence electrons. The third-order valence-electron chi connectivity index (χ3n) is 4.47. The predicted molar refractivity (Wildman–Crippen MR) is 108 cm³/mol. The van der Waals surface area contributed by atoms with Crippen LogP contribution in [0, 0.1) is 0 Å². The van der Waals surface area contributed by atoms with Gasteiger partial charge in [-0.05, 0) is 40.6 Å². The van der Waals surface area contributed by atoms with Crippen LogP contribution in [0.3, 0.4) is 0 Å². The number of carbonyl (C=O) groups excluding carboxylic acids is 1. The summed E-state index contributed by atoms with van der Waals surface area (Å²) in [6, 6.07) is 11.7. The molecule has 0 atom stereocenters. The first-order chi connectivity index (χ1) is 13.4. The van der Waals surface area contributed by atoms with Crippen LogP contribution in [-0.4, -0.2) is 22.2 Å². The highest BCUT2D eigenvalue weighted by atomic mass is 16.5. The summed E-state index contributed by atoms with van der Waals surface area (Å²) in [5.74, 6) is 0.467. The Morgan fingerprint density at radius 3 is 2.57 bits per heavy atom. The van der Waals surface area contributed by atoms with Gasteiger partial charge in [-0.1, -0.05) is 18.2 Å². The smallest absolute Gasteiger partial charge is 0.330 e. The van der Waals surface area contributed by atoms with Crippen molar-refractivity contribution >= 4 is 22.8 Å². The molecule has 2 aromatic carbocycles. The number of ether oxygens (including phenoxy) is 1. The highest BCUT2D eigenvalue weighted by Crippen LogP contribution is 2.21. The number of methoxy groups -OCH3 is 1. The second-order valence-electron chi connectivity index (χ2n) is 6.44. The Morgan fingerprint density at radius 2 is 1.82 bits per heavy atom. The summed E-state index contributed by atoms with van der Waals surface area (Å²) in [7, 11) is 4.58. The van der Waals surface area contributed by atoms with E-state index < -0.39 is 11.2 Å². The zero-order valence-electron chi connectivity index (χ0n) is 15.9. The average molecular weight is 379 g/mol. The zero-order chi connectivity index (χ0) is 20.3. The van der Waals surface area contributed by atoms with Crippen molar-refractivity contribution in [2.45, 2.75) is 6.54 Å². The van der Waals surface area contributed by atoms with Gasteiger partial charge in [0.15, 0.2) is 0 Å². The number of fused-ring (bicyclic) bond motifs is 1. The molecule has 0 aliphatic heterocycles. The van der Waals surface area contributed by atoms with Gasteiger partial charge in [0.1, 0.15) is 5.75 Å². The van der Waals surface area contributed by atoms with E-state index in [9.17, 15) is 14.4 Å². The van der Waals surface area contributed by atoms with Crippen LogP contribution in [0.1, 0.15) is 11.1 Å². The molecule has 7 heteroatoms. The van der Waals surface area contributed by atoms with Crippen LogP contribution in [0.2, 0.25) is 0 Å². The van der Waals surface area contributed by atoms with E-state index in [0.717, 1.165) is 26.7 Å². The number of aromatic nitrogens is 2. The van der Waals surface area contributed by atoms with Crippen LogP contribution in [0.5, 0.6) is 5.75 Å². The minimum absolute atomic E-state index is 0.263. The first kappa shape index (κ1) is 19.2. The van der Waals surface area contributed by atoms with Gasteiger partial charge in [-0.3, -0.25) is 14.2 Å². The van der Waals surface area contributed by atoms with Crippen molar-refractivity contribution in [1.29, 1.82) is 0 Å². The largest absolute Gasteiger partial charge is 0.497 e. The summed E-state index contributed by atoms with van der Waals surface area (Å²) in [6.07, 6.45) is 4.10. The molecule has 0 saturated carbocycles. The fourth-order valence-electron chi connectivity index (χ4n) is 2.87. The van der Waals surface area contributed by atoms with Crippen LogP contribution < -0.4 is 21.3 Å². The number of hydrogen-bond acceptors (Lipinski definition) is 4. The van der Waals surface area contributed by atoms with Gasteiger partial charge >= 0.3 is 5.69 Å². The molecule has 0 aliphatic carbocycles. The van der Waals surface area contributed by atoms with Crippen LogP contribution in [0.25, 0.3) is 16.8 Å². The van der Waals surface area contributed by atoms with Crippen LogP contribution in [0.4, 0.5) is 0 Å². The molecule has 0 unspecified atom stereocenters. The van der Waals surface area contributed by atoms with Gasteiger partial charge in [0.2, 0.25) is 5.91 Å². The normalized spacial score (nSPS) is 11.1. The number of nitrogens with zero attached hydrogens (tertiary/aromatic N) is 2. The molecule has 0 fully saturated rings. The minimum atomic E-state index is -0.447. The Balaban J connectivity index is 1.69. The lowest BCUT2D eigenvalue weighted by Gasteiger charge is -2.06. The molecule has 3 aromatic rings. The predicted octanol–water partition coefficient (Wildman–Crippen LogP) is 1.58. The molecule has 1 amide bonds. The average Bonchev–Trinajstić information content (AvgIpc) is 2.71. The molecular formula is C21H21N3O4. The molecule has 0 saturated heterocycles. The van der Waals surface area contributed by atoms with Crippen molar-refractivity contribution in [2.75, 3.05) is 7.11 Å². The van der Waals surface area contributed by atoms with Crippen LogP contribution in [-0.2, 0) is 25.4 Å². The Morgan fingerprint density at radius 1 is 1.11 bits per heavy atom. The Labute approximate surface area is 161 Å². The fourth-order valence-corrected chi connectivity index (χ4v) is 2.87. The van der Waals surface area contributed by atoms with E-state index in [1.165, 1.54) is 30.0 Å². The lowest BCUT2D eigenvalue weighted by atomic mass is 10.1. The van der Waals surface area contributed by atoms with E-state index >= 15 is 0 Å². The Kier molecular flexibility index (Phi) is 5.44. The van der Waals surface area contributed by atoms with Crippen LogP contribution >= 0.6 is 0 Å². The van der Waals surface area contributed by atoms with Gasteiger partial charge in [-0.2, -0.15) is 0 Å². The molecule has 7 nitrogen and oxygen atoms in total. The monoisotopic (exact) mass is 379 g/mol. The second kappa shape index (κ2) is 7.96. The standard InChI is InChI=1S/C21H21N3O4/c1-23-13-17(20(26)24(2)21(23)27)7-9-19(25)22-12-14-4-5-16-11-18(28-3)8-6-15(16)10-14/h4-11,13H,12H2,1-3H3,(H,22,25)/b9-7+. The summed E-state index contributed by atoms with van der Waals surface area (Å²) in [4.78, 5) is 35.8. The molecule has 0 spiro atoms. The van der Waals surface area contributed by atoms with Crippen molar-refractivity contribution in [2.24, 2.45) is 14.1 Å². The molecule has 1 heterocycles. The highest BCUT2D eigenvalue weighted by molar-refractivity contribution is 5.91. The number of carbonyl (C=O) groups is 1.